The Morgan fingerprint density at radius 2 is 1.89 bits per heavy atom. The van der Waals surface area contributed by atoms with Crippen LogP contribution in [0.3, 0.4) is 0 Å². The standard InChI is InChI=1S/C22H27N3O2/c1-27-20-5-3-2-4-19(20)22(10-11-22)21(26)24-16-17-8-14-25(15-9-17)18-6-12-23-13-7-18/h2-7,12-13,17H,8-11,14-16H2,1H3,(H,24,26). The van der Waals surface area contributed by atoms with Gasteiger partial charge in [-0.2, -0.15) is 0 Å². The van der Waals surface area contributed by atoms with Gasteiger partial charge in [-0.15, -0.1) is 0 Å². The summed E-state index contributed by atoms with van der Waals surface area (Å²) in [7, 11) is 1.67. The van der Waals surface area contributed by atoms with Gasteiger partial charge in [0.05, 0.1) is 12.5 Å². The lowest BCUT2D eigenvalue weighted by Crippen LogP contribution is -2.41. The van der Waals surface area contributed by atoms with Gasteiger partial charge in [0.2, 0.25) is 5.91 Å². The first kappa shape index (κ1) is 17.8. The third kappa shape index (κ3) is 3.64. The predicted octanol–water partition coefficient (Wildman–Crippen LogP) is 3.15. The quantitative estimate of drug-likeness (QED) is 0.854. The first-order valence-corrected chi connectivity index (χ1v) is 9.80. The molecule has 1 saturated carbocycles. The summed E-state index contributed by atoms with van der Waals surface area (Å²) in [5, 5.41) is 3.24. The Morgan fingerprint density at radius 3 is 2.56 bits per heavy atom. The van der Waals surface area contributed by atoms with E-state index in [4.69, 9.17) is 4.74 Å². The molecule has 0 radical (unpaired) electrons. The third-order valence-electron chi connectivity index (χ3n) is 6.00. The number of hydrogen-bond donors (Lipinski definition) is 1. The summed E-state index contributed by atoms with van der Waals surface area (Å²) >= 11 is 0. The highest BCUT2D eigenvalue weighted by Crippen LogP contribution is 2.51. The number of carbonyl (C=O) groups is 1. The molecule has 2 heterocycles. The number of aromatic nitrogens is 1. The maximum atomic E-state index is 12.9. The summed E-state index contributed by atoms with van der Waals surface area (Å²) in [5.74, 6) is 1.51. The minimum atomic E-state index is -0.385. The summed E-state index contributed by atoms with van der Waals surface area (Å²) in [4.78, 5) is 19.4. The number of nitrogens with zero attached hydrogens (tertiary/aromatic N) is 2. The zero-order chi connectivity index (χ0) is 18.7. The summed E-state index contributed by atoms with van der Waals surface area (Å²) in [6.45, 7) is 2.82. The first-order valence-electron chi connectivity index (χ1n) is 9.80. The van der Waals surface area contributed by atoms with E-state index >= 15 is 0 Å². The number of nitrogens with one attached hydrogen (secondary N) is 1. The fourth-order valence-electron chi connectivity index (χ4n) is 4.14. The Hall–Kier alpha value is -2.56. The van der Waals surface area contributed by atoms with Crippen LogP contribution >= 0.6 is 0 Å². The van der Waals surface area contributed by atoms with Crippen LogP contribution in [0.25, 0.3) is 0 Å². The average Bonchev–Trinajstić information content (AvgIpc) is 3.55. The summed E-state index contributed by atoms with van der Waals surface area (Å²) in [6.07, 6.45) is 7.69. The number of benzene rings is 1. The van der Waals surface area contributed by atoms with Gasteiger partial charge in [0.15, 0.2) is 0 Å². The molecule has 142 valence electrons. The van der Waals surface area contributed by atoms with Crippen LogP contribution in [-0.4, -0.2) is 37.6 Å². The molecule has 5 nitrogen and oxygen atoms in total. The van der Waals surface area contributed by atoms with Crippen molar-refractivity contribution in [2.24, 2.45) is 5.92 Å². The lowest BCUT2D eigenvalue weighted by molar-refractivity contribution is -0.123. The van der Waals surface area contributed by atoms with Crippen molar-refractivity contribution in [3.05, 3.63) is 54.4 Å². The fourth-order valence-corrected chi connectivity index (χ4v) is 4.14. The molecule has 0 bridgehead atoms. The highest BCUT2D eigenvalue weighted by molar-refractivity contribution is 5.92. The molecule has 2 fully saturated rings. The number of rotatable bonds is 6. The molecule has 1 aliphatic heterocycles. The second-order valence-electron chi connectivity index (χ2n) is 7.63. The number of methoxy groups -OCH3 is 1. The molecule has 0 atom stereocenters. The number of para-hydroxylation sites is 1. The molecule has 1 N–H and O–H groups in total. The number of amides is 1. The minimum Gasteiger partial charge on any atom is -0.496 e. The summed E-state index contributed by atoms with van der Waals surface area (Å²) in [5.41, 5.74) is 1.88. The van der Waals surface area contributed by atoms with Crippen LogP contribution in [0.15, 0.2) is 48.8 Å². The molecule has 4 rings (SSSR count). The van der Waals surface area contributed by atoms with Crippen molar-refractivity contribution < 1.29 is 9.53 Å². The molecule has 0 spiro atoms. The lowest BCUT2D eigenvalue weighted by Gasteiger charge is -2.33. The first-order chi connectivity index (χ1) is 13.2. The fraction of sp³-hybridized carbons (Fsp3) is 0.455. The minimum absolute atomic E-state index is 0.156. The smallest absolute Gasteiger partial charge is 0.230 e. The van der Waals surface area contributed by atoms with Crippen LogP contribution in [0.1, 0.15) is 31.2 Å². The van der Waals surface area contributed by atoms with Gasteiger partial charge in [0, 0.05) is 43.3 Å². The zero-order valence-corrected chi connectivity index (χ0v) is 15.9. The van der Waals surface area contributed by atoms with Crippen molar-refractivity contribution in [2.45, 2.75) is 31.1 Å². The zero-order valence-electron chi connectivity index (χ0n) is 15.9. The van der Waals surface area contributed by atoms with Gasteiger partial charge in [-0.1, -0.05) is 18.2 Å². The van der Waals surface area contributed by atoms with Crippen LogP contribution in [0, 0.1) is 5.92 Å². The topological polar surface area (TPSA) is 54.5 Å². The van der Waals surface area contributed by atoms with Gasteiger partial charge >= 0.3 is 0 Å². The Balaban J connectivity index is 1.31. The van der Waals surface area contributed by atoms with Crippen molar-refractivity contribution >= 4 is 11.6 Å². The second kappa shape index (κ2) is 7.59. The molecular weight excluding hydrogens is 338 g/mol. The van der Waals surface area contributed by atoms with E-state index in [2.05, 4.69) is 27.3 Å². The van der Waals surface area contributed by atoms with Crippen LogP contribution in [0.5, 0.6) is 5.75 Å². The molecule has 2 aliphatic rings. The molecule has 1 aromatic carbocycles. The Labute approximate surface area is 160 Å². The molecule has 1 amide bonds. The molecule has 2 aromatic rings. The van der Waals surface area contributed by atoms with E-state index in [1.165, 1.54) is 5.69 Å². The van der Waals surface area contributed by atoms with Crippen LogP contribution in [0.4, 0.5) is 5.69 Å². The van der Waals surface area contributed by atoms with Crippen molar-refractivity contribution in [1.82, 2.24) is 10.3 Å². The highest BCUT2D eigenvalue weighted by Gasteiger charge is 2.52. The maximum Gasteiger partial charge on any atom is 0.230 e. The SMILES string of the molecule is COc1ccccc1C1(C(=O)NCC2CCN(c3ccncc3)CC2)CC1. The number of hydrogen-bond acceptors (Lipinski definition) is 4. The predicted molar refractivity (Wildman–Crippen MR) is 106 cm³/mol. The van der Waals surface area contributed by atoms with Gasteiger partial charge in [-0.25, -0.2) is 0 Å². The van der Waals surface area contributed by atoms with E-state index in [9.17, 15) is 4.79 Å². The molecular formula is C22H27N3O2. The van der Waals surface area contributed by atoms with E-state index < -0.39 is 0 Å². The number of ether oxygens (including phenoxy) is 1. The third-order valence-corrected chi connectivity index (χ3v) is 6.00. The van der Waals surface area contributed by atoms with Crippen molar-refractivity contribution in [3.8, 4) is 5.75 Å². The van der Waals surface area contributed by atoms with E-state index in [0.29, 0.717) is 5.92 Å². The van der Waals surface area contributed by atoms with E-state index in [-0.39, 0.29) is 11.3 Å². The normalized spacial score (nSPS) is 18.8. The summed E-state index contributed by atoms with van der Waals surface area (Å²) in [6, 6.07) is 12.0. The molecule has 1 aromatic heterocycles. The molecule has 1 saturated heterocycles. The highest BCUT2D eigenvalue weighted by atomic mass is 16.5. The van der Waals surface area contributed by atoms with Gasteiger partial charge in [-0.05, 0) is 49.8 Å². The van der Waals surface area contributed by atoms with Crippen molar-refractivity contribution in [1.29, 1.82) is 0 Å². The number of carbonyl (C=O) groups excluding carboxylic acids is 1. The van der Waals surface area contributed by atoms with Crippen molar-refractivity contribution in [2.75, 3.05) is 31.6 Å². The number of piperidine rings is 1. The number of pyridine rings is 1. The Bertz CT molecular complexity index is 781. The molecule has 27 heavy (non-hydrogen) atoms. The van der Waals surface area contributed by atoms with Crippen LogP contribution < -0.4 is 15.0 Å². The van der Waals surface area contributed by atoms with Gasteiger partial charge < -0.3 is 15.0 Å². The van der Waals surface area contributed by atoms with E-state index in [0.717, 1.165) is 56.6 Å². The van der Waals surface area contributed by atoms with Crippen molar-refractivity contribution in [3.63, 3.8) is 0 Å². The molecule has 5 heteroatoms. The molecule has 1 aliphatic carbocycles. The maximum absolute atomic E-state index is 12.9. The molecule has 0 unspecified atom stereocenters. The average molecular weight is 365 g/mol. The van der Waals surface area contributed by atoms with Gasteiger partial charge in [-0.3, -0.25) is 9.78 Å². The van der Waals surface area contributed by atoms with Crippen LogP contribution in [-0.2, 0) is 10.2 Å². The number of anilines is 1. The van der Waals surface area contributed by atoms with Gasteiger partial charge in [0.25, 0.3) is 0 Å². The Morgan fingerprint density at radius 1 is 1.19 bits per heavy atom. The monoisotopic (exact) mass is 365 g/mol. The second-order valence-corrected chi connectivity index (χ2v) is 7.63. The largest absolute Gasteiger partial charge is 0.496 e. The summed E-state index contributed by atoms with van der Waals surface area (Å²) < 4.78 is 5.48. The Kier molecular flexibility index (Phi) is 5.01. The van der Waals surface area contributed by atoms with Gasteiger partial charge in [0.1, 0.15) is 5.75 Å². The van der Waals surface area contributed by atoms with Crippen LogP contribution in [0.2, 0.25) is 0 Å². The lowest BCUT2D eigenvalue weighted by atomic mass is 9.92. The van der Waals surface area contributed by atoms with E-state index in [1.54, 1.807) is 7.11 Å². The van der Waals surface area contributed by atoms with E-state index in [1.807, 2.05) is 36.7 Å².